The van der Waals surface area contributed by atoms with E-state index in [0.29, 0.717) is 6.61 Å². The van der Waals surface area contributed by atoms with Crippen molar-refractivity contribution in [3.63, 3.8) is 0 Å². The first-order valence-corrected chi connectivity index (χ1v) is 4.39. The van der Waals surface area contributed by atoms with E-state index in [1.807, 2.05) is 0 Å². The maximum atomic E-state index is 9.40. The minimum absolute atomic E-state index is 0.386. The summed E-state index contributed by atoms with van der Waals surface area (Å²) in [4.78, 5) is 0. The Morgan fingerprint density at radius 3 is 2.31 bits per heavy atom. The molecule has 5 heteroatoms. The molecule has 1 heterocycles. The summed E-state index contributed by atoms with van der Waals surface area (Å²) in [5.74, 6) is 0. The Bertz CT molecular complexity index is 163. The Morgan fingerprint density at radius 2 is 1.77 bits per heavy atom. The fraction of sp³-hybridized carbons (Fsp3) is 1.00. The first kappa shape index (κ1) is 10.9. The zero-order chi connectivity index (χ0) is 10.0. The summed E-state index contributed by atoms with van der Waals surface area (Å²) in [6, 6.07) is 0. The molecule has 1 aliphatic heterocycles. The molecule has 0 aromatic carbocycles. The van der Waals surface area contributed by atoms with Crippen LogP contribution in [-0.4, -0.2) is 52.6 Å². The Balaban J connectivity index is 2.59. The quantitative estimate of drug-likeness (QED) is 0.515. The maximum absolute atomic E-state index is 9.40. The van der Waals surface area contributed by atoms with Gasteiger partial charge in [0, 0.05) is 6.61 Å². The molecule has 1 aliphatic rings. The van der Waals surface area contributed by atoms with Gasteiger partial charge in [-0.3, -0.25) is 0 Å². The van der Waals surface area contributed by atoms with Crippen molar-refractivity contribution in [1.82, 2.24) is 0 Å². The van der Waals surface area contributed by atoms with Gasteiger partial charge in [0.15, 0.2) is 6.29 Å². The zero-order valence-electron chi connectivity index (χ0n) is 7.75. The lowest BCUT2D eigenvalue weighted by Gasteiger charge is -2.38. The first-order valence-electron chi connectivity index (χ1n) is 4.39. The minimum Gasteiger partial charge on any atom is -0.388 e. The van der Waals surface area contributed by atoms with Crippen molar-refractivity contribution in [1.29, 1.82) is 0 Å². The van der Waals surface area contributed by atoms with Crippen LogP contribution in [0.4, 0.5) is 0 Å². The van der Waals surface area contributed by atoms with Crippen LogP contribution >= 0.6 is 0 Å². The highest BCUT2D eigenvalue weighted by Gasteiger charge is 2.42. The highest BCUT2D eigenvalue weighted by Crippen LogP contribution is 2.21. The van der Waals surface area contributed by atoms with Crippen LogP contribution in [0.1, 0.15) is 13.8 Å². The second kappa shape index (κ2) is 4.34. The van der Waals surface area contributed by atoms with E-state index in [4.69, 9.17) is 9.47 Å². The summed E-state index contributed by atoms with van der Waals surface area (Å²) in [6.07, 6.45) is -4.84. The minimum atomic E-state index is -1.21. The summed E-state index contributed by atoms with van der Waals surface area (Å²) in [7, 11) is 0. The van der Waals surface area contributed by atoms with Crippen LogP contribution in [0.2, 0.25) is 0 Å². The van der Waals surface area contributed by atoms with Gasteiger partial charge in [0.25, 0.3) is 0 Å². The van der Waals surface area contributed by atoms with E-state index in [-0.39, 0.29) is 0 Å². The van der Waals surface area contributed by atoms with Crippen LogP contribution in [0.15, 0.2) is 0 Å². The highest BCUT2D eigenvalue weighted by atomic mass is 16.7. The van der Waals surface area contributed by atoms with Crippen LogP contribution in [0.3, 0.4) is 0 Å². The SMILES string of the molecule is CCOC1OC(C)C(O)C(O)C1O. The Hall–Kier alpha value is -0.200. The Labute approximate surface area is 76.9 Å². The topological polar surface area (TPSA) is 79.2 Å². The van der Waals surface area contributed by atoms with Gasteiger partial charge in [-0.25, -0.2) is 0 Å². The normalized spacial score (nSPS) is 46.4. The van der Waals surface area contributed by atoms with Gasteiger partial charge in [0.05, 0.1) is 6.10 Å². The monoisotopic (exact) mass is 192 g/mol. The molecule has 0 amide bonds. The molecule has 13 heavy (non-hydrogen) atoms. The Kier molecular flexibility index (Phi) is 3.63. The van der Waals surface area contributed by atoms with E-state index in [1.54, 1.807) is 13.8 Å². The van der Waals surface area contributed by atoms with Gasteiger partial charge in [0.2, 0.25) is 0 Å². The summed E-state index contributed by atoms with van der Waals surface area (Å²) < 4.78 is 10.2. The van der Waals surface area contributed by atoms with E-state index >= 15 is 0 Å². The van der Waals surface area contributed by atoms with Gasteiger partial charge in [-0.2, -0.15) is 0 Å². The van der Waals surface area contributed by atoms with Crippen molar-refractivity contribution in [3.05, 3.63) is 0 Å². The molecule has 3 N–H and O–H groups in total. The largest absolute Gasteiger partial charge is 0.388 e. The second-order valence-corrected chi connectivity index (χ2v) is 3.14. The van der Waals surface area contributed by atoms with Crippen molar-refractivity contribution < 1.29 is 24.8 Å². The van der Waals surface area contributed by atoms with Crippen LogP contribution in [-0.2, 0) is 9.47 Å². The van der Waals surface area contributed by atoms with Gasteiger partial charge in [-0.15, -0.1) is 0 Å². The molecule has 0 aromatic heterocycles. The highest BCUT2D eigenvalue weighted by molar-refractivity contribution is 4.86. The predicted octanol–water partition coefficient (Wildman–Crippen LogP) is -1.15. The second-order valence-electron chi connectivity index (χ2n) is 3.14. The van der Waals surface area contributed by atoms with Crippen LogP contribution in [0, 0.1) is 0 Å². The smallest absolute Gasteiger partial charge is 0.186 e. The third-order valence-electron chi connectivity index (χ3n) is 2.14. The van der Waals surface area contributed by atoms with Gasteiger partial charge in [0.1, 0.15) is 18.3 Å². The van der Waals surface area contributed by atoms with Gasteiger partial charge in [-0.05, 0) is 13.8 Å². The number of hydrogen-bond acceptors (Lipinski definition) is 5. The van der Waals surface area contributed by atoms with Crippen LogP contribution in [0.25, 0.3) is 0 Å². The van der Waals surface area contributed by atoms with Gasteiger partial charge < -0.3 is 24.8 Å². The van der Waals surface area contributed by atoms with E-state index in [2.05, 4.69) is 0 Å². The molecule has 1 fully saturated rings. The summed E-state index contributed by atoms with van der Waals surface area (Å²) in [5.41, 5.74) is 0. The number of aliphatic hydroxyl groups excluding tert-OH is 3. The molecule has 0 radical (unpaired) electrons. The molecule has 1 saturated heterocycles. The molecule has 0 spiro atoms. The summed E-state index contributed by atoms with van der Waals surface area (Å²) in [6.45, 7) is 3.77. The number of rotatable bonds is 2. The van der Waals surface area contributed by atoms with Crippen LogP contribution in [0.5, 0.6) is 0 Å². The fourth-order valence-corrected chi connectivity index (χ4v) is 1.32. The molecular formula is C8H16O5. The fourth-order valence-electron chi connectivity index (χ4n) is 1.32. The van der Waals surface area contributed by atoms with E-state index < -0.39 is 30.7 Å². The van der Waals surface area contributed by atoms with Crippen molar-refractivity contribution in [3.8, 4) is 0 Å². The van der Waals surface area contributed by atoms with Crippen molar-refractivity contribution in [2.24, 2.45) is 0 Å². The lowest BCUT2D eigenvalue weighted by atomic mass is 10.0. The molecule has 5 nitrogen and oxygen atoms in total. The number of hydrogen-bond donors (Lipinski definition) is 3. The molecule has 1 rings (SSSR count). The van der Waals surface area contributed by atoms with Crippen LogP contribution < -0.4 is 0 Å². The summed E-state index contributed by atoms with van der Waals surface area (Å²) in [5, 5.41) is 28.1. The lowest BCUT2D eigenvalue weighted by Crippen LogP contribution is -2.57. The molecule has 78 valence electrons. The molecule has 0 aliphatic carbocycles. The third kappa shape index (κ3) is 2.18. The molecule has 0 aromatic rings. The van der Waals surface area contributed by atoms with Crippen molar-refractivity contribution in [2.75, 3.05) is 6.61 Å². The number of aliphatic hydroxyl groups is 3. The van der Waals surface area contributed by atoms with Crippen molar-refractivity contribution >= 4 is 0 Å². The van der Waals surface area contributed by atoms with Crippen molar-refractivity contribution in [2.45, 2.75) is 44.6 Å². The van der Waals surface area contributed by atoms with E-state index in [1.165, 1.54) is 0 Å². The first-order chi connectivity index (χ1) is 6.07. The predicted molar refractivity (Wildman–Crippen MR) is 44.0 cm³/mol. The molecular weight excluding hydrogens is 176 g/mol. The zero-order valence-corrected chi connectivity index (χ0v) is 7.75. The Morgan fingerprint density at radius 1 is 1.15 bits per heavy atom. The molecule has 0 saturated carbocycles. The lowest BCUT2D eigenvalue weighted by molar-refractivity contribution is -0.291. The van der Waals surface area contributed by atoms with E-state index in [0.717, 1.165) is 0 Å². The van der Waals surface area contributed by atoms with E-state index in [9.17, 15) is 15.3 Å². The number of ether oxygens (including phenoxy) is 2. The molecule has 0 bridgehead atoms. The van der Waals surface area contributed by atoms with Gasteiger partial charge >= 0.3 is 0 Å². The average Bonchev–Trinajstić information content (AvgIpc) is 2.11. The maximum Gasteiger partial charge on any atom is 0.186 e. The summed E-state index contributed by atoms with van der Waals surface area (Å²) >= 11 is 0. The average molecular weight is 192 g/mol. The third-order valence-corrected chi connectivity index (χ3v) is 2.14. The van der Waals surface area contributed by atoms with Gasteiger partial charge in [-0.1, -0.05) is 0 Å². The molecule has 5 unspecified atom stereocenters. The molecule has 5 atom stereocenters. The standard InChI is InChI=1S/C8H16O5/c1-3-12-8-7(11)6(10)5(9)4(2)13-8/h4-11H,3H2,1-2H3.